The Morgan fingerprint density at radius 3 is 3.04 bits per heavy atom. The summed E-state index contributed by atoms with van der Waals surface area (Å²) in [5.41, 5.74) is 4.88. The number of aromatic nitrogens is 1. The maximum Gasteiger partial charge on any atom is 0.159 e. The number of aliphatic hydroxyl groups excluding tert-OH is 1. The Hall–Kier alpha value is -1.82. The summed E-state index contributed by atoms with van der Waals surface area (Å²) in [6.45, 7) is 2.59. The molecule has 126 valence electrons. The van der Waals surface area contributed by atoms with Crippen LogP contribution in [0.15, 0.2) is 29.8 Å². The monoisotopic (exact) mass is 326 g/mol. The lowest BCUT2D eigenvalue weighted by Gasteiger charge is -2.50. The number of phenols is 1. The van der Waals surface area contributed by atoms with Gasteiger partial charge in [-0.1, -0.05) is 6.08 Å². The van der Waals surface area contributed by atoms with Gasteiger partial charge in [0.25, 0.3) is 0 Å². The molecule has 2 fully saturated rings. The highest BCUT2D eigenvalue weighted by molar-refractivity contribution is 5.86. The Morgan fingerprint density at radius 2 is 2.21 bits per heavy atom. The lowest BCUT2D eigenvalue weighted by atomic mass is 9.68. The molecule has 0 amide bonds. The van der Waals surface area contributed by atoms with Crippen molar-refractivity contribution in [2.75, 3.05) is 6.61 Å². The number of piperidine rings is 1. The molecule has 5 unspecified atom stereocenters. The zero-order chi connectivity index (χ0) is 16.4. The van der Waals surface area contributed by atoms with Crippen molar-refractivity contribution in [2.45, 2.75) is 38.1 Å². The summed E-state index contributed by atoms with van der Waals surface area (Å²) in [6, 6.07) is 5.95. The minimum atomic E-state index is -0.711. The van der Waals surface area contributed by atoms with E-state index in [0.29, 0.717) is 18.3 Å². The van der Waals surface area contributed by atoms with Gasteiger partial charge in [0, 0.05) is 34.6 Å². The van der Waals surface area contributed by atoms with Gasteiger partial charge in [-0.3, -0.25) is 0 Å². The fraction of sp³-hybridized carbons (Fsp3) is 0.474. The van der Waals surface area contributed by atoms with Crippen LogP contribution in [-0.4, -0.2) is 34.1 Å². The van der Waals surface area contributed by atoms with Crippen LogP contribution in [0.2, 0.25) is 0 Å². The number of hydrogen-bond donors (Lipinski definition) is 4. The van der Waals surface area contributed by atoms with Gasteiger partial charge in [-0.05, 0) is 55.0 Å². The van der Waals surface area contributed by atoms with Gasteiger partial charge in [0.1, 0.15) is 5.75 Å². The Balaban J connectivity index is 1.63. The second-order valence-corrected chi connectivity index (χ2v) is 7.26. The first-order valence-corrected chi connectivity index (χ1v) is 8.70. The fourth-order valence-electron chi connectivity index (χ4n) is 5.01. The van der Waals surface area contributed by atoms with Crippen molar-refractivity contribution in [3.8, 4) is 5.75 Å². The van der Waals surface area contributed by atoms with Crippen LogP contribution in [0.5, 0.6) is 5.75 Å². The first-order chi connectivity index (χ1) is 11.7. The van der Waals surface area contributed by atoms with Gasteiger partial charge < -0.3 is 25.3 Å². The summed E-state index contributed by atoms with van der Waals surface area (Å²) in [5.74, 6) is 0.739. The van der Waals surface area contributed by atoms with Gasteiger partial charge in [-0.25, -0.2) is 0 Å². The number of ether oxygens (including phenoxy) is 1. The van der Waals surface area contributed by atoms with Gasteiger partial charge in [0.2, 0.25) is 0 Å². The number of aromatic amines is 1. The number of rotatable bonds is 0. The summed E-state index contributed by atoms with van der Waals surface area (Å²) >= 11 is 0. The van der Waals surface area contributed by atoms with Crippen molar-refractivity contribution < 1.29 is 14.9 Å². The minimum Gasteiger partial charge on any atom is -0.508 e. The first-order valence-electron chi connectivity index (χ1n) is 8.70. The van der Waals surface area contributed by atoms with E-state index in [1.54, 1.807) is 6.07 Å². The number of phenolic OH excluding ortho intramolecular Hbond substituents is 1. The average molecular weight is 326 g/mol. The molecule has 2 saturated heterocycles. The SMILES string of the molecule is CC=C1COC(O)C2C3Cc4c([nH]c5ccc(O)cc45)C(CC12)N3. The quantitative estimate of drug-likeness (QED) is 0.561. The van der Waals surface area contributed by atoms with Crippen LogP contribution in [0.1, 0.15) is 30.6 Å². The predicted molar refractivity (Wildman–Crippen MR) is 90.6 cm³/mol. The molecule has 0 radical (unpaired) electrons. The van der Waals surface area contributed by atoms with Gasteiger partial charge >= 0.3 is 0 Å². The van der Waals surface area contributed by atoms with Gasteiger partial charge in [-0.2, -0.15) is 0 Å². The molecular formula is C19H22N2O3. The second-order valence-electron chi connectivity index (χ2n) is 7.26. The van der Waals surface area contributed by atoms with Crippen LogP contribution in [0.4, 0.5) is 0 Å². The summed E-state index contributed by atoms with van der Waals surface area (Å²) in [5, 5.41) is 25.1. The number of fused-ring (bicyclic) bond motifs is 8. The molecule has 0 aliphatic carbocycles. The number of nitrogens with one attached hydrogen (secondary N) is 2. The topological polar surface area (TPSA) is 77.5 Å². The molecule has 1 aromatic heterocycles. The second kappa shape index (κ2) is 5.09. The van der Waals surface area contributed by atoms with Gasteiger partial charge in [-0.15, -0.1) is 0 Å². The van der Waals surface area contributed by atoms with E-state index in [1.807, 2.05) is 12.1 Å². The Kier molecular flexibility index (Phi) is 3.08. The number of aromatic hydroxyl groups is 1. The molecule has 0 saturated carbocycles. The smallest absolute Gasteiger partial charge is 0.159 e. The molecule has 1 aromatic carbocycles. The van der Waals surface area contributed by atoms with E-state index in [1.165, 1.54) is 16.8 Å². The Labute approximate surface area is 140 Å². The largest absolute Gasteiger partial charge is 0.508 e. The van der Waals surface area contributed by atoms with Crippen molar-refractivity contribution >= 4 is 10.9 Å². The van der Waals surface area contributed by atoms with Crippen LogP contribution < -0.4 is 5.32 Å². The molecule has 0 spiro atoms. The molecule has 3 aliphatic heterocycles. The molecule has 2 bridgehead atoms. The highest BCUT2D eigenvalue weighted by Gasteiger charge is 2.49. The maximum atomic E-state index is 10.4. The van der Waals surface area contributed by atoms with Gasteiger partial charge in [0.05, 0.1) is 6.61 Å². The third-order valence-corrected chi connectivity index (χ3v) is 6.13. The summed E-state index contributed by atoms with van der Waals surface area (Å²) in [4.78, 5) is 3.55. The molecule has 3 aliphatic rings. The van der Waals surface area contributed by atoms with Crippen molar-refractivity contribution in [2.24, 2.45) is 11.8 Å². The van der Waals surface area contributed by atoms with Crippen LogP contribution in [0.25, 0.3) is 10.9 Å². The fourth-order valence-corrected chi connectivity index (χ4v) is 5.01. The zero-order valence-electron chi connectivity index (χ0n) is 13.6. The average Bonchev–Trinajstić information content (AvgIpc) is 2.93. The van der Waals surface area contributed by atoms with Crippen LogP contribution in [-0.2, 0) is 11.2 Å². The first kappa shape index (κ1) is 14.5. The lowest BCUT2D eigenvalue weighted by molar-refractivity contribution is -0.176. The highest BCUT2D eigenvalue weighted by atomic mass is 16.6. The molecular weight excluding hydrogens is 304 g/mol. The van der Waals surface area contributed by atoms with E-state index in [0.717, 1.165) is 23.7 Å². The van der Waals surface area contributed by atoms with E-state index < -0.39 is 6.29 Å². The molecule has 5 heteroatoms. The van der Waals surface area contributed by atoms with E-state index in [2.05, 4.69) is 23.3 Å². The Bertz CT molecular complexity index is 840. The molecule has 4 N–H and O–H groups in total. The summed E-state index contributed by atoms with van der Waals surface area (Å²) in [6.07, 6.45) is 3.24. The van der Waals surface area contributed by atoms with Crippen LogP contribution in [0.3, 0.4) is 0 Å². The number of hydrogen-bond acceptors (Lipinski definition) is 4. The van der Waals surface area contributed by atoms with Crippen molar-refractivity contribution in [3.05, 3.63) is 41.1 Å². The third kappa shape index (κ3) is 1.92. The van der Waals surface area contributed by atoms with Crippen molar-refractivity contribution in [1.82, 2.24) is 10.3 Å². The van der Waals surface area contributed by atoms with E-state index in [4.69, 9.17) is 4.74 Å². The molecule has 5 nitrogen and oxygen atoms in total. The summed E-state index contributed by atoms with van der Waals surface area (Å²) < 4.78 is 5.62. The standard InChI is InChI=1S/C19H22N2O3/c1-2-9-8-24-19(23)17-11(9)6-16-18-13(7-15(17)20-16)12-5-10(22)3-4-14(12)21-18/h2-5,11,15-17,19-23H,6-8H2,1H3. The predicted octanol–water partition coefficient (Wildman–Crippen LogP) is 2.36. The van der Waals surface area contributed by atoms with Gasteiger partial charge in [0.15, 0.2) is 6.29 Å². The molecule has 2 aromatic rings. The zero-order valence-corrected chi connectivity index (χ0v) is 13.6. The lowest BCUT2D eigenvalue weighted by Crippen LogP contribution is -2.58. The summed E-state index contributed by atoms with van der Waals surface area (Å²) in [7, 11) is 0. The molecule has 24 heavy (non-hydrogen) atoms. The van der Waals surface area contributed by atoms with Crippen molar-refractivity contribution in [1.29, 1.82) is 0 Å². The number of aliphatic hydroxyl groups is 1. The van der Waals surface area contributed by atoms with E-state index >= 15 is 0 Å². The molecule has 5 rings (SSSR count). The van der Waals surface area contributed by atoms with Crippen LogP contribution in [0, 0.1) is 11.8 Å². The third-order valence-electron chi connectivity index (χ3n) is 6.13. The van der Waals surface area contributed by atoms with E-state index in [9.17, 15) is 10.2 Å². The minimum absolute atomic E-state index is 0.0802. The van der Waals surface area contributed by atoms with Crippen molar-refractivity contribution in [3.63, 3.8) is 0 Å². The maximum absolute atomic E-state index is 10.4. The normalized spacial score (nSPS) is 36.6. The molecule has 4 heterocycles. The number of H-pyrrole nitrogens is 1. The molecule has 5 atom stereocenters. The van der Waals surface area contributed by atoms with Crippen LogP contribution >= 0.6 is 0 Å². The highest BCUT2D eigenvalue weighted by Crippen LogP contribution is 2.48. The number of benzene rings is 1. The van der Waals surface area contributed by atoms with E-state index in [-0.39, 0.29) is 18.0 Å². The number of allylic oxidation sites excluding steroid dienone is 1. The Morgan fingerprint density at radius 1 is 1.33 bits per heavy atom.